The molecule has 0 saturated heterocycles. The van der Waals surface area contributed by atoms with E-state index in [0.29, 0.717) is 5.56 Å². The molecule has 1 aromatic carbocycles. The number of fused-ring (bicyclic) bond motifs is 1. The standard InChI is InChI=1S/C19H21N3O/c1-4-13-7-6-8-15-16(13)17(19(20)23)18(22(15)5-2)14-9-10-21-12(3)11-14/h6-11H,4-5H2,1-3H3,(H2,20,23). The lowest BCUT2D eigenvalue weighted by Gasteiger charge is -2.10. The van der Waals surface area contributed by atoms with Gasteiger partial charge in [0.05, 0.1) is 11.3 Å². The minimum atomic E-state index is -0.382. The van der Waals surface area contributed by atoms with Gasteiger partial charge in [0.15, 0.2) is 0 Å². The summed E-state index contributed by atoms with van der Waals surface area (Å²) in [6.07, 6.45) is 2.63. The molecule has 0 unspecified atom stereocenters. The summed E-state index contributed by atoms with van der Waals surface area (Å²) in [5.74, 6) is -0.382. The van der Waals surface area contributed by atoms with Gasteiger partial charge in [0.25, 0.3) is 5.91 Å². The van der Waals surface area contributed by atoms with Crippen molar-refractivity contribution in [2.45, 2.75) is 33.7 Å². The monoisotopic (exact) mass is 307 g/mol. The third kappa shape index (κ3) is 2.40. The number of amides is 1. The van der Waals surface area contributed by atoms with Crippen LogP contribution in [-0.4, -0.2) is 15.5 Å². The molecule has 2 aromatic heterocycles. The lowest BCUT2D eigenvalue weighted by Crippen LogP contribution is -2.13. The second kappa shape index (κ2) is 5.88. The summed E-state index contributed by atoms with van der Waals surface area (Å²) >= 11 is 0. The van der Waals surface area contributed by atoms with E-state index in [-0.39, 0.29) is 5.91 Å². The number of benzene rings is 1. The molecule has 2 N–H and O–H groups in total. The number of nitrogens with zero attached hydrogens (tertiary/aromatic N) is 2. The summed E-state index contributed by atoms with van der Waals surface area (Å²) in [6, 6.07) is 10.1. The highest BCUT2D eigenvalue weighted by molar-refractivity contribution is 6.13. The normalized spacial score (nSPS) is 11.1. The minimum Gasteiger partial charge on any atom is -0.366 e. The van der Waals surface area contributed by atoms with Gasteiger partial charge in [-0.3, -0.25) is 9.78 Å². The van der Waals surface area contributed by atoms with Gasteiger partial charge in [0.2, 0.25) is 0 Å². The summed E-state index contributed by atoms with van der Waals surface area (Å²) in [7, 11) is 0. The molecule has 0 aliphatic rings. The molecule has 0 aliphatic carbocycles. The van der Waals surface area contributed by atoms with Gasteiger partial charge in [-0.1, -0.05) is 19.1 Å². The number of hydrogen-bond acceptors (Lipinski definition) is 2. The maximum atomic E-state index is 12.3. The fraction of sp³-hybridized carbons (Fsp3) is 0.263. The summed E-state index contributed by atoms with van der Waals surface area (Å²) in [6.45, 7) is 6.90. The Morgan fingerprint density at radius 2 is 2.04 bits per heavy atom. The van der Waals surface area contributed by atoms with Crippen molar-refractivity contribution in [2.24, 2.45) is 5.73 Å². The fourth-order valence-electron chi connectivity index (χ4n) is 3.33. The van der Waals surface area contributed by atoms with Gasteiger partial charge in [-0.25, -0.2) is 0 Å². The number of carbonyl (C=O) groups is 1. The maximum Gasteiger partial charge on any atom is 0.251 e. The lowest BCUT2D eigenvalue weighted by atomic mass is 10.00. The van der Waals surface area contributed by atoms with E-state index in [1.165, 1.54) is 0 Å². The van der Waals surface area contributed by atoms with E-state index in [4.69, 9.17) is 5.73 Å². The van der Waals surface area contributed by atoms with Gasteiger partial charge in [-0.15, -0.1) is 0 Å². The molecule has 0 atom stereocenters. The highest BCUT2D eigenvalue weighted by Crippen LogP contribution is 2.35. The Bertz CT molecular complexity index is 893. The molecular formula is C19H21N3O. The number of hydrogen-bond donors (Lipinski definition) is 1. The molecule has 0 saturated carbocycles. The van der Waals surface area contributed by atoms with Crippen molar-refractivity contribution in [3.8, 4) is 11.3 Å². The molecule has 0 radical (unpaired) electrons. The lowest BCUT2D eigenvalue weighted by molar-refractivity contribution is 0.100. The quantitative estimate of drug-likeness (QED) is 0.799. The summed E-state index contributed by atoms with van der Waals surface area (Å²) in [4.78, 5) is 16.5. The van der Waals surface area contributed by atoms with Crippen molar-refractivity contribution in [2.75, 3.05) is 0 Å². The van der Waals surface area contributed by atoms with Crippen LogP contribution in [0.15, 0.2) is 36.5 Å². The fourth-order valence-corrected chi connectivity index (χ4v) is 3.33. The van der Waals surface area contributed by atoms with Crippen LogP contribution >= 0.6 is 0 Å². The molecule has 3 rings (SSSR count). The largest absolute Gasteiger partial charge is 0.366 e. The first-order valence-electron chi connectivity index (χ1n) is 7.95. The SMILES string of the molecule is CCc1cccc2c1c(C(N)=O)c(-c1ccnc(C)c1)n2CC. The smallest absolute Gasteiger partial charge is 0.251 e. The van der Waals surface area contributed by atoms with Crippen molar-refractivity contribution < 1.29 is 4.79 Å². The van der Waals surface area contributed by atoms with Crippen molar-refractivity contribution in [3.05, 3.63) is 53.3 Å². The average molecular weight is 307 g/mol. The van der Waals surface area contributed by atoms with Crippen LogP contribution < -0.4 is 5.73 Å². The Labute approximate surface area is 136 Å². The van der Waals surface area contributed by atoms with Gasteiger partial charge in [0.1, 0.15) is 0 Å². The first-order valence-corrected chi connectivity index (χ1v) is 7.95. The van der Waals surface area contributed by atoms with Crippen LogP contribution in [0.1, 0.15) is 35.5 Å². The van der Waals surface area contributed by atoms with E-state index in [2.05, 4.69) is 35.5 Å². The highest BCUT2D eigenvalue weighted by atomic mass is 16.1. The van der Waals surface area contributed by atoms with Crippen LogP contribution in [0.25, 0.3) is 22.2 Å². The summed E-state index contributed by atoms with van der Waals surface area (Å²) < 4.78 is 2.17. The predicted molar refractivity (Wildman–Crippen MR) is 93.5 cm³/mol. The Hall–Kier alpha value is -2.62. The number of pyridine rings is 1. The molecule has 4 nitrogen and oxygen atoms in total. The third-order valence-corrected chi connectivity index (χ3v) is 4.29. The van der Waals surface area contributed by atoms with Crippen LogP contribution in [-0.2, 0) is 13.0 Å². The molecule has 0 aliphatic heterocycles. The minimum absolute atomic E-state index is 0.382. The van der Waals surface area contributed by atoms with E-state index in [9.17, 15) is 4.79 Å². The Morgan fingerprint density at radius 3 is 2.65 bits per heavy atom. The van der Waals surface area contributed by atoms with Crippen molar-refractivity contribution in [1.29, 1.82) is 0 Å². The van der Waals surface area contributed by atoms with Crippen molar-refractivity contribution in [1.82, 2.24) is 9.55 Å². The van der Waals surface area contributed by atoms with Gasteiger partial charge in [-0.2, -0.15) is 0 Å². The van der Waals surface area contributed by atoms with E-state index < -0.39 is 0 Å². The molecular weight excluding hydrogens is 286 g/mol. The van der Waals surface area contributed by atoms with Crippen LogP contribution in [0.3, 0.4) is 0 Å². The molecule has 0 spiro atoms. The third-order valence-electron chi connectivity index (χ3n) is 4.29. The topological polar surface area (TPSA) is 60.9 Å². The molecule has 0 fully saturated rings. The molecule has 1 amide bonds. The zero-order chi connectivity index (χ0) is 16.6. The Morgan fingerprint density at radius 1 is 1.26 bits per heavy atom. The first-order chi connectivity index (χ1) is 11.1. The number of rotatable bonds is 4. The van der Waals surface area contributed by atoms with Crippen LogP contribution in [0, 0.1) is 6.92 Å². The second-order valence-electron chi connectivity index (χ2n) is 5.68. The highest BCUT2D eigenvalue weighted by Gasteiger charge is 2.23. The molecule has 2 heterocycles. The number of carbonyl (C=O) groups excluding carboxylic acids is 1. The van der Waals surface area contributed by atoms with Crippen molar-refractivity contribution >= 4 is 16.8 Å². The Balaban J connectivity index is 2.49. The van der Waals surface area contributed by atoms with E-state index in [1.807, 2.05) is 25.1 Å². The zero-order valence-corrected chi connectivity index (χ0v) is 13.8. The van der Waals surface area contributed by atoms with E-state index >= 15 is 0 Å². The van der Waals surface area contributed by atoms with Gasteiger partial charge in [-0.05, 0) is 44.0 Å². The maximum absolute atomic E-state index is 12.3. The predicted octanol–water partition coefficient (Wildman–Crippen LogP) is 3.69. The average Bonchev–Trinajstić information content (AvgIpc) is 2.89. The molecule has 4 heteroatoms. The number of nitrogens with two attached hydrogens (primary N) is 1. The van der Waals surface area contributed by atoms with Crippen LogP contribution in [0.5, 0.6) is 0 Å². The van der Waals surface area contributed by atoms with Crippen LogP contribution in [0.4, 0.5) is 0 Å². The zero-order valence-electron chi connectivity index (χ0n) is 13.8. The second-order valence-corrected chi connectivity index (χ2v) is 5.68. The Kier molecular flexibility index (Phi) is 3.90. The number of primary amides is 1. The van der Waals surface area contributed by atoms with Crippen molar-refractivity contribution in [3.63, 3.8) is 0 Å². The summed E-state index contributed by atoms with van der Waals surface area (Å²) in [5, 5.41) is 0.980. The van der Waals surface area contributed by atoms with E-state index in [0.717, 1.165) is 46.4 Å². The van der Waals surface area contributed by atoms with Gasteiger partial charge >= 0.3 is 0 Å². The summed E-state index contributed by atoms with van der Waals surface area (Å²) in [5.41, 5.74) is 11.4. The number of aryl methyl sites for hydroxylation is 3. The van der Waals surface area contributed by atoms with Gasteiger partial charge in [0, 0.05) is 34.9 Å². The number of aromatic nitrogens is 2. The molecule has 23 heavy (non-hydrogen) atoms. The molecule has 118 valence electrons. The first kappa shape index (κ1) is 15.3. The molecule has 0 bridgehead atoms. The van der Waals surface area contributed by atoms with E-state index in [1.54, 1.807) is 6.20 Å². The van der Waals surface area contributed by atoms with Gasteiger partial charge < -0.3 is 10.3 Å². The molecule has 3 aromatic rings. The van der Waals surface area contributed by atoms with Crippen LogP contribution in [0.2, 0.25) is 0 Å².